The number of rotatable bonds is 10. The van der Waals surface area contributed by atoms with E-state index in [0.29, 0.717) is 31.0 Å². The van der Waals surface area contributed by atoms with Crippen LogP contribution in [0.2, 0.25) is 0 Å². The van der Waals surface area contributed by atoms with Crippen LogP contribution in [0.25, 0.3) is 16.6 Å². The van der Waals surface area contributed by atoms with E-state index in [4.69, 9.17) is 14.6 Å². The van der Waals surface area contributed by atoms with Crippen LogP contribution in [0.4, 0.5) is 0 Å². The van der Waals surface area contributed by atoms with E-state index in [-0.39, 0.29) is 19.2 Å². The molecule has 4 rings (SSSR count). The summed E-state index contributed by atoms with van der Waals surface area (Å²) in [5.41, 5.74) is 4.37. The second kappa shape index (κ2) is 11.9. The number of ether oxygens (including phenoxy) is 2. The number of benzene rings is 2. The Morgan fingerprint density at radius 1 is 1.03 bits per heavy atom. The molecule has 1 atom stereocenters. The van der Waals surface area contributed by atoms with Gasteiger partial charge in [0.05, 0.1) is 24.3 Å². The van der Waals surface area contributed by atoms with Crippen molar-refractivity contribution in [3.63, 3.8) is 0 Å². The first kappa shape index (κ1) is 26.2. The van der Waals surface area contributed by atoms with E-state index in [1.165, 1.54) is 5.56 Å². The summed E-state index contributed by atoms with van der Waals surface area (Å²) in [6.45, 7) is 11.1. The van der Waals surface area contributed by atoms with Gasteiger partial charge >= 0.3 is 5.97 Å². The first-order chi connectivity index (χ1) is 17.4. The highest BCUT2D eigenvalue weighted by atomic mass is 16.5. The Bertz CT molecular complexity index is 1170. The second-order valence-electron chi connectivity index (χ2n) is 9.36. The first-order valence-electron chi connectivity index (χ1n) is 12.7. The van der Waals surface area contributed by atoms with Crippen LogP contribution in [0, 0.1) is 13.8 Å². The molecule has 194 valence electrons. The van der Waals surface area contributed by atoms with Gasteiger partial charge in [-0.3, -0.25) is 9.80 Å². The molecule has 0 unspecified atom stereocenters. The number of hydrogen-bond acceptors (Lipinski definition) is 7. The maximum Gasteiger partial charge on any atom is 0.340 e. The van der Waals surface area contributed by atoms with Gasteiger partial charge in [0.15, 0.2) is 0 Å². The Morgan fingerprint density at radius 3 is 2.39 bits per heavy atom. The number of carbonyl (C=O) groups excluding carboxylic acids is 1. The highest BCUT2D eigenvalue weighted by Crippen LogP contribution is 2.32. The summed E-state index contributed by atoms with van der Waals surface area (Å²) in [7, 11) is 0. The summed E-state index contributed by atoms with van der Waals surface area (Å²) in [5.74, 6) is 0.240. The van der Waals surface area contributed by atoms with Crippen LogP contribution in [-0.2, 0) is 4.74 Å². The summed E-state index contributed by atoms with van der Waals surface area (Å²) < 4.78 is 13.4. The fourth-order valence-corrected chi connectivity index (χ4v) is 4.86. The Hall–Kier alpha value is -2.91. The van der Waals surface area contributed by atoms with Crippen molar-refractivity contribution in [2.24, 2.45) is 0 Å². The Labute approximate surface area is 212 Å². The van der Waals surface area contributed by atoms with Gasteiger partial charge in [-0.2, -0.15) is 0 Å². The fraction of sp³-hybridized carbons (Fsp3) is 0.464. The molecule has 3 aromatic rings. The number of hydrogen-bond donors (Lipinski definition) is 2. The second-order valence-corrected chi connectivity index (χ2v) is 9.36. The molecule has 1 saturated heterocycles. The minimum absolute atomic E-state index is 0.161. The number of aryl methyl sites for hydroxylation is 1. The largest absolute Gasteiger partial charge is 0.491 e. The number of nitrogens with zero attached hydrogens (tertiary/aromatic N) is 3. The molecule has 2 heterocycles. The van der Waals surface area contributed by atoms with Gasteiger partial charge in [0.25, 0.3) is 0 Å². The van der Waals surface area contributed by atoms with Crippen molar-refractivity contribution >= 4 is 16.9 Å². The van der Waals surface area contributed by atoms with E-state index in [1.807, 2.05) is 44.2 Å². The zero-order chi connectivity index (χ0) is 25.7. The van der Waals surface area contributed by atoms with E-state index in [1.54, 1.807) is 6.92 Å². The first-order valence-corrected chi connectivity index (χ1v) is 12.7. The SMILES string of the molecule is CCOC(=O)c1c(C)n(-c2ccc(C)cc2)c2ccc(OC[C@@H](O)CN3CCN(CCO)CC3)cc12. The third kappa shape index (κ3) is 5.90. The Morgan fingerprint density at radius 2 is 1.72 bits per heavy atom. The molecule has 0 amide bonds. The molecule has 0 bridgehead atoms. The lowest BCUT2D eigenvalue weighted by Crippen LogP contribution is -2.49. The smallest absolute Gasteiger partial charge is 0.340 e. The lowest BCUT2D eigenvalue weighted by molar-refractivity contribution is 0.0428. The summed E-state index contributed by atoms with van der Waals surface area (Å²) >= 11 is 0. The maximum atomic E-state index is 12.9. The lowest BCUT2D eigenvalue weighted by Gasteiger charge is -2.35. The van der Waals surface area contributed by atoms with Crippen molar-refractivity contribution < 1.29 is 24.5 Å². The number of piperazine rings is 1. The average Bonchev–Trinajstić information content (AvgIpc) is 3.16. The van der Waals surface area contributed by atoms with Crippen LogP contribution in [0.15, 0.2) is 42.5 Å². The molecule has 1 fully saturated rings. The molecule has 8 nitrogen and oxygen atoms in total. The topological polar surface area (TPSA) is 87.4 Å². The zero-order valence-corrected chi connectivity index (χ0v) is 21.4. The summed E-state index contributed by atoms with van der Waals surface area (Å²) in [6, 6.07) is 13.9. The highest BCUT2D eigenvalue weighted by Gasteiger charge is 2.23. The molecule has 8 heteroatoms. The molecule has 0 spiro atoms. The molecule has 0 aliphatic carbocycles. The standard InChI is InChI=1S/C28H37N3O5/c1-4-35-28(34)27-21(3)31(22-7-5-20(2)6-8-22)26-10-9-24(17-25(26)27)36-19-23(33)18-30-13-11-29(12-14-30)15-16-32/h5-10,17,23,32-33H,4,11-16,18-19H2,1-3H3/t23-/m0/s1. The molecule has 1 aliphatic rings. The Balaban J connectivity index is 1.51. The molecule has 1 aromatic heterocycles. The third-order valence-corrected chi connectivity index (χ3v) is 6.74. The van der Waals surface area contributed by atoms with E-state index in [9.17, 15) is 9.90 Å². The number of carbonyl (C=O) groups is 1. The fourth-order valence-electron chi connectivity index (χ4n) is 4.86. The van der Waals surface area contributed by atoms with Gasteiger partial charge in [0.1, 0.15) is 18.5 Å². The predicted octanol–water partition coefficient (Wildman–Crippen LogP) is 2.77. The monoisotopic (exact) mass is 495 g/mol. The highest BCUT2D eigenvalue weighted by molar-refractivity contribution is 6.07. The molecular formula is C28H37N3O5. The number of β-amino-alcohol motifs (C(OH)–C–C–N with tert-alkyl or cyclic N) is 2. The molecule has 2 N–H and O–H groups in total. The van der Waals surface area contributed by atoms with Crippen molar-refractivity contribution in [1.82, 2.24) is 14.4 Å². The van der Waals surface area contributed by atoms with Crippen LogP contribution in [0.3, 0.4) is 0 Å². The van der Waals surface area contributed by atoms with E-state index < -0.39 is 6.10 Å². The minimum atomic E-state index is -0.631. The number of fused-ring (bicyclic) bond motifs is 1. The molecule has 36 heavy (non-hydrogen) atoms. The minimum Gasteiger partial charge on any atom is -0.491 e. The van der Waals surface area contributed by atoms with Crippen LogP contribution in [0.1, 0.15) is 28.5 Å². The van der Waals surface area contributed by atoms with Crippen molar-refractivity contribution in [3.8, 4) is 11.4 Å². The van der Waals surface area contributed by atoms with E-state index in [2.05, 4.69) is 26.5 Å². The van der Waals surface area contributed by atoms with Crippen molar-refractivity contribution in [2.75, 3.05) is 59.1 Å². The molecular weight excluding hydrogens is 458 g/mol. The van der Waals surface area contributed by atoms with Gasteiger partial charge in [-0.15, -0.1) is 0 Å². The van der Waals surface area contributed by atoms with Gasteiger partial charge in [-0.25, -0.2) is 4.79 Å². The number of aromatic nitrogens is 1. The number of aliphatic hydroxyl groups excluding tert-OH is 2. The zero-order valence-electron chi connectivity index (χ0n) is 21.4. The van der Waals surface area contributed by atoms with Crippen molar-refractivity contribution in [3.05, 3.63) is 59.3 Å². The predicted molar refractivity (Wildman–Crippen MR) is 140 cm³/mol. The van der Waals surface area contributed by atoms with Crippen LogP contribution in [0.5, 0.6) is 5.75 Å². The van der Waals surface area contributed by atoms with Gasteiger partial charge in [-0.05, 0) is 51.1 Å². The number of aliphatic hydroxyl groups is 2. The van der Waals surface area contributed by atoms with Gasteiger partial charge < -0.3 is 24.3 Å². The maximum absolute atomic E-state index is 12.9. The normalized spacial score (nSPS) is 15.8. The van der Waals surface area contributed by atoms with Crippen LogP contribution in [-0.4, -0.2) is 95.7 Å². The van der Waals surface area contributed by atoms with E-state index in [0.717, 1.165) is 48.5 Å². The van der Waals surface area contributed by atoms with Gasteiger partial charge in [0, 0.05) is 56.0 Å². The van der Waals surface area contributed by atoms with Crippen LogP contribution >= 0.6 is 0 Å². The third-order valence-electron chi connectivity index (χ3n) is 6.74. The summed E-state index contributed by atoms with van der Waals surface area (Å²) in [4.78, 5) is 17.3. The van der Waals surface area contributed by atoms with Crippen molar-refractivity contribution in [2.45, 2.75) is 26.9 Å². The number of esters is 1. The van der Waals surface area contributed by atoms with Crippen molar-refractivity contribution in [1.29, 1.82) is 0 Å². The molecule has 0 saturated carbocycles. The van der Waals surface area contributed by atoms with Gasteiger partial charge in [0.2, 0.25) is 0 Å². The van der Waals surface area contributed by atoms with Gasteiger partial charge in [-0.1, -0.05) is 17.7 Å². The van der Waals surface area contributed by atoms with Crippen LogP contribution < -0.4 is 4.74 Å². The van der Waals surface area contributed by atoms with E-state index >= 15 is 0 Å². The summed E-state index contributed by atoms with van der Waals surface area (Å²) in [6.07, 6.45) is -0.631. The molecule has 2 aromatic carbocycles. The summed E-state index contributed by atoms with van der Waals surface area (Å²) in [5, 5.41) is 20.4. The Kier molecular flexibility index (Phi) is 8.64. The lowest BCUT2D eigenvalue weighted by atomic mass is 10.1. The molecule has 1 aliphatic heterocycles. The molecule has 0 radical (unpaired) electrons. The quantitative estimate of drug-likeness (QED) is 0.418. The average molecular weight is 496 g/mol.